The maximum atomic E-state index is 13.2. The van der Waals surface area contributed by atoms with Crippen molar-refractivity contribution in [3.05, 3.63) is 53.8 Å². The number of benzene rings is 2. The third-order valence-corrected chi connectivity index (χ3v) is 6.21. The number of halogens is 1. The van der Waals surface area contributed by atoms with Gasteiger partial charge >= 0.3 is 0 Å². The lowest BCUT2D eigenvalue weighted by molar-refractivity contribution is 0.563. The molecular formula is C19H19FN4S2. The molecule has 4 rings (SSSR count). The highest BCUT2D eigenvalue weighted by Gasteiger charge is 2.14. The Morgan fingerprint density at radius 3 is 2.85 bits per heavy atom. The molecule has 0 bridgehead atoms. The number of thioether (sulfide) groups is 1. The molecule has 0 saturated carbocycles. The Morgan fingerprint density at radius 1 is 1.23 bits per heavy atom. The van der Waals surface area contributed by atoms with E-state index < -0.39 is 0 Å². The molecule has 0 amide bonds. The predicted molar refractivity (Wildman–Crippen MR) is 110 cm³/mol. The first-order valence-corrected chi connectivity index (χ1v) is 10.3. The SMILES string of the molecule is CN1CCSC1=Nc1ccc(CCNc2nc3ccc(F)cc3s2)cc1. The summed E-state index contributed by atoms with van der Waals surface area (Å²) in [6.07, 6.45) is 0.899. The molecule has 0 atom stereocenters. The van der Waals surface area contributed by atoms with Gasteiger partial charge < -0.3 is 10.2 Å². The number of aromatic nitrogens is 1. The molecule has 0 unspecified atom stereocenters. The van der Waals surface area contributed by atoms with Gasteiger partial charge in [0, 0.05) is 25.9 Å². The number of thiazole rings is 1. The number of aliphatic imine (C=N–C) groups is 1. The van der Waals surface area contributed by atoms with E-state index in [0.29, 0.717) is 0 Å². The van der Waals surface area contributed by atoms with Gasteiger partial charge in [-0.3, -0.25) is 0 Å². The summed E-state index contributed by atoms with van der Waals surface area (Å²) < 4.78 is 14.1. The maximum absolute atomic E-state index is 13.2. The van der Waals surface area contributed by atoms with E-state index >= 15 is 0 Å². The summed E-state index contributed by atoms with van der Waals surface area (Å²) in [5.74, 6) is 0.885. The Balaban J connectivity index is 1.34. The molecule has 7 heteroatoms. The summed E-state index contributed by atoms with van der Waals surface area (Å²) in [6, 6.07) is 13.1. The van der Waals surface area contributed by atoms with Gasteiger partial charge in [-0.25, -0.2) is 14.4 Å². The number of rotatable bonds is 5. The Kier molecular flexibility index (Phi) is 5.08. The molecule has 2 aromatic carbocycles. The summed E-state index contributed by atoms with van der Waals surface area (Å²) in [6.45, 7) is 1.85. The van der Waals surface area contributed by atoms with Crippen molar-refractivity contribution in [2.75, 3.05) is 31.2 Å². The van der Waals surface area contributed by atoms with Crippen molar-refractivity contribution in [3.8, 4) is 0 Å². The second-order valence-electron chi connectivity index (χ2n) is 6.14. The number of amidine groups is 1. The topological polar surface area (TPSA) is 40.5 Å². The first-order valence-electron chi connectivity index (χ1n) is 8.49. The zero-order valence-corrected chi connectivity index (χ0v) is 16.0. The largest absolute Gasteiger partial charge is 0.361 e. The van der Waals surface area contributed by atoms with Crippen LogP contribution in [-0.4, -0.2) is 40.9 Å². The number of anilines is 1. The first kappa shape index (κ1) is 17.3. The monoisotopic (exact) mass is 386 g/mol. The zero-order chi connectivity index (χ0) is 17.9. The van der Waals surface area contributed by atoms with Crippen molar-refractivity contribution < 1.29 is 4.39 Å². The fourth-order valence-electron chi connectivity index (χ4n) is 2.73. The Morgan fingerprint density at radius 2 is 2.08 bits per heavy atom. The zero-order valence-electron chi connectivity index (χ0n) is 14.4. The summed E-state index contributed by atoms with van der Waals surface area (Å²) in [5, 5.41) is 5.25. The maximum Gasteiger partial charge on any atom is 0.183 e. The highest BCUT2D eigenvalue weighted by Crippen LogP contribution is 2.26. The Bertz CT molecular complexity index is 936. The standard InChI is InChI=1S/C19H19FN4S2/c1-24-10-11-25-19(24)22-15-5-2-13(3-6-15)8-9-21-18-23-16-7-4-14(20)12-17(16)26-18/h2-7,12H,8-11H2,1H3,(H,21,23). The molecule has 1 aliphatic rings. The second kappa shape index (κ2) is 7.63. The van der Waals surface area contributed by atoms with Gasteiger partial charge in [0.05, 0.1) is 15.9 Å². The summed E-state index contributed by atoms with van der Waals surface area (Å²) in [7, 11) is 2.08. The van der Waals surface area contributed by atoms with Crippen molar-refractivity contribution in [2.45, 2.75) is 6.42 Å². The fraction of sp³-hybridized carbons (Fsp3) is 0.263. The second-order valence-corrected chi connectivity index (χ2v) is 8.23. The molecule has 1 aliphatic heterocycles. The van der Waals surface area contributed by atoms with Gasteiger partial charge in [0.1, 0.15) is 5.82 Å². The lowest BCUT2D eigenvalue weighted by Gasteiger charge is -2.09. The van der Waals surface area contributed by atoms with Crippen LogP contribution in [-0.2, 0) is 6.42 Å². The average Bonchev–Trinajstić information content (AvgIpc) is 3.22. The molecule has 1 aromatic heterocycles. The number of nitrogens with zero attached hydrogens (tertiary/aromatic N) is 3. The molecule has 26 heavy (non-hydrogen) atoms. The molecule has 1 N–H and O–H groups in total. The molecule has 134 valence electrons. The van der Waals surface area contributed by atoms with Crippen LogP contribution >= 0.6 is 23.1 Å². The van der Waals surface area contributed by atoms with Gasteiger partial charge in [-0.05, 0) is 42.3 Å². The van der Waals surface area contributed by atoms with E-state index in [2.05, 4.69) is 46.5 Å². The van der Waals surface area contributed by atoms with Crippen LogP contribution in [0.5, 0.6) is 0 Å². The average molecular weight is 387 g/mol. The van der Waals surface area contributed by atoms with E-state index in [0.717, 1.165) is 51.5 Å². The van der Waals surface area contributed by atoms with Crippen LogP contribution < -0.4 is 5.32 Å². The van der Waals surface area contributed by atoms with Gasteiger partial charge in [-0.15, -0.1) is 0 Å². The highest BCUT2D eigenvalue weighted by molar-refractivity contribution is 8.14. The van der Waals surface area contributed by atoms with Crippen LogP contribution in [0.1, 0.15) is 5.56 Å². The van der Waals surface area contributed by atoms with E-state index in [1.807, 2.05) is 0 Å². The lowest BCUT2D eigenvalue weighted by Crippen LogP contribution is -2.17. The van der Waals surface area contributed by atoms with Crippen LogP contribution in [0.25, 0.3) is 10.2 Å². The minimum atomic E-state index is -0.224. The van der Waals surface area contributed by atoms with Crippen molar-refractivity contribution >= 4 is 49.3 Å². The molecule has 0 radical (unpaired) electrons. The minimum absolute atomic E-state index is 0.224. The van der Waals surface area contributed by atoms with Gasteiger partial charge in [-0.2, -0.15) is 0 Å². The van der Waals surface area contributed by atoms with Crippen LogP contribution in [0.4, 0.5) is 15.2 Å². The molecule has 4 nitrogen and oxygen atoms in total. The highest BCUT2D eigenvalue weighted by atomic mass is 32.2. The van der Waals surface area contributed by atoms with E-state index in [-0.39, 0.29) is 5.82 Å². The molecule has 1 fully saturated rings. The van der Waals surface area contributed by atoms with Crippen LogP contribution in [0.15, 0.2) is 47.5 Å². The summed E-state index contributed by atoms with van der Waals surface area (Å²) in [5.41, 5.74) is 3.07. The lowest BCUT2D eigenvalue weighted by atomic mass is 10.1. The van der Waals surface area contributed by atoms with Gasteiger partial charge in [0.25, 0.3) is 0 Å². The predicted octanol–water partition coefficient (Wildman–Crippen LogP) is 4.76. The molecule has 1 saturated heterocycles. The molecule has 0 spiro atoms. The smallest absolute Gasteiger partial charge is 0.183 e. The quantitative estimate of drug-likeness (QED) is 0.687. The van der Waals surface area contributed by atoms with Crippen LogP contribution in [0.2, 0.25) is 0 Å². The minimum Gasteiger partial charge on any atom is -0.361 e. The van der Waals surface area contributed by atoms with Crippen molar-refractivity contribution in [3.63, 3.8) is 0 Å². The van der Waals surface area contributed by atoms with Crippen molar-refractivity contribution in [1.29, 1.82) is 0 Å². The number of fused-ring (bicyclic) bond motifs is 1. The Labute approximate surface area is 160 Å². The van der Waals surface area contributed by atoms with E-state index in [1.165, 1.54) is 29.0 Å². The van der Waals surface area contributed by atoms with Crippen LogP contribution in [0, 0.1) is 5.82 Å². The van der Waals surface area contributed by atoms with E-state index in [1.54, 1.807) is 17.8 Å². The molecule has 3 aromatic rings. The van der Waals surface area contributed by atoms with E-state index in [9.17, 15) is 4.39 Å². The number of hydrogen-bond acceptors (Lipinski definition) is 5. The van der Waals surface area contributed by atoms with Crippen molar-refractivity contribution in [1.82, 2.24) is 9.88 Å². The number of nitrogens with one attached hydrogen (secondary N) is 1. The molecule has 0 aliphatic carbocycles. The first-order chi connectivity index (χ1) is 12.7. The van der Waals surface area contributed by atoms with E-state index in [4.69, 9.17) is 4.99 Å². The third kappa shape index (κ3) is 3.99. The van der Waals surface area contributed by atoms with Gasteiger partial charge in [0.2, 0.25) is 0 Å². The Hall–Kier alpha value is -2.12. The normalized spacial score (nSPS) is 15.9. The van der Waals surface area contributed by atoms with Gasteiger partial charge in [-0.1, -0.05) is 35.2 Å². The molecular weight excluding hydrogens is 367 g/mol. The fourth-order valence-corrected chi connectivity index (χ4v) is 4.68. The number of hydrogen-bond donors (Lipinski definition) is 1. The van der Waals surface area contributed by atoms with Gasteiger partial charge in [0.15, 0.2) is 10.3 Å². The van der Waals surface area contributed by atoms with Crippen LogP contribution in [0.3, 0.4) is 0 Å². The summed E-state index contributed by atoms with van der Waals surface area (Å²) >= 11 is 3.28. The third-order valence-electron chi connectivity index (χ3n) is 4.19. The molecule has 2 heterocycles. The summed E-state index contributed by atoms with van der Waals surface area (Å²) in [4.78, 5) is 11.4. The van der Waals surface area contributed by atoms with Crippen molar-refractivity contribution in [2.24, 2.45) is 4.99 Å².